The van der Waals surface area contributed by atoms with Crippen LogP contribution >= 0.6 is 11.8 Å². The van der Waals surface area contributed by atoms with Gasteiger partial charge in [0.15, 0.2) is 17.3 Å². The van der Waals surface area contributed by atoms with Gasteiger partial charge in [-0.25, -0.2) is 0 Å². The van der Waals surface area contributed by atoms with Crippen LogP contribution in [0.15, 0.2) is 22.6 Å². The average molecular weight is 291 g/mol. The predicted octanol–water partition coefficient (Wildman–Crippen LogP) is 2.35. The largest absolute Gasteiger partial charge is 0.454 e. The number of thioether (sulfide) groups is 1. The molecule has 104 valence electrons. The summed E-state index contributed by atoms with van der Waals surface area (Å²) in [5.74, 6) is 3.69. The van der Waals surface area contributed by atoms with E-state index >= 15 is 0 Å². The van der Waals surface area contributed by atoms with Crippen molar-refractivity contribution in [3.05, 3.63) is 24.0 Å². The predicted molar refractivity (Wildman–Crippen MR) is 75.6 cm³/mol. The number of benzene rings is 1. The summed E-state index contributed by atoms with van der Waals surface area (Å²) in [6.07, 6.45) is 0. The van der Waals surface area contributed by atoms with Gasteiger partial charge in [0.25, 0.3) is 5.91 Å². The summed E-state index contributed by atoms with van der Waals surface area (Å²) in [4.78, 5) is 14.2. The number of hydrogen-bond donors (Lipinski definition) is 0. The molecule has 0 unspecified atom stereocenters. The van der Waals surface area contributed by atoms with Crippen molar-refractivity contribution in [1.29, 1.82) is 0 Å². The second-order valence-corrected chi connectivity index (χ2v) is 5.98. The minimum absolute atomic E-state index is 0.0384. The van der Waals surface area contributed by atoms with Crippen LogP contribution in [0.1, 0.15) is 10.6 Å². The summed E-state index contributed by atoms with van der Waals surface area (Å²) in [5, 5.41) is 0.865. The topological polar surface area (TPSA) is 51.9 Å². The molecule has 0 bridgehead atoms. The average Bonchev–Trinajstić information content (AvgIpc) is 3.10. The zero-order valence-corrected chi connectivity index (χ0v) is 11.6. The fourth-order valence-electron chi connectivity index (χ4n) is 2.46. The molecule has 2 aliphatic rings. The maximum absolute atomic E-state index is 12.4. The number of carbonyl (C=O) groups is 1. The van der Waals surface area contributed by atoms with Gasteiger partial charge < -0.3 is 18.8 Å². The van der Waals surface area contributed by atoms with E-state index in [-0.39, 0.29) is 12.7 Å². The molecule has 1 fully saturated rings. The normalized spacial score (nSPS) is 17.7. The van der Waals surface area contributed by atoms with Crippen molar-refractivity contribution in [2.75, 3.05) is 31.4 Å². The molecule has 1 amide bonds. The van der Waals surface area contributed by atoms with Gasteiger partial charge in [-0.05, 0) is 12.1 Å². The number of amides is 1. The van der Waals surface area contributed by atoms with Gasteiger partial charge in [0.05, 0.1) is 0 Å². The lowest BCUT2D eigenvalue weighted by Crippen LogP contribution is -2.37. The molecular formula is C14H13NO4S. The first kappa shape index (κ1) is 12.0. The first-order valence-electron chi connectivity index (χ1n) is 6.51. The van der Waals surface area contributed by atoms with Gasteiger partial charge in [-0.15, -0.1) is 0 Å². The van der Waals surface area contributed by atoms with Crippen molar-refractivity contribution in [3.63, 3.8) is 0 Å². The van der Waals surface area contributed by atoms with E-state index in [1.54, 1.807) is 12.1 Å². The molecule has 0 atom stereocenters. The van der Waals surface area contributed by atoms with Crippen molar-refractivity contribution >= 4 is 28.6 Å². The summed E-state index contributed by atoms with van der Waals surface area (Å²) in [7, 11) is 0. The Morgan fingerprint density at radius 3 is 2.65 bits per heavy atom. The zero-order chi connectivity index (χ0) is 13.5. The maximum Gasteiger partial charge on any atom is 0.289 e. The Labute approximate surface area is 119 Å². The van der Waals surface area contributed by atoms with Crippen molar-refractivity contribution in [1.82, 2.24) is 4.90 Å². The van der Waals surface area contributed by atoms with Gasteiger partial charge in [-0.3, -0.25) is 4.79 Å². The van der Waals surface area contributed by atoms with Gasteiger partial charge in [0.2, 0.25) is 6.79 Å². The zero-order valence-electron chi connectivity index (χ0n) is 10.8. The first-order valence-corrected chi connectivity index (χ1v) is 7.67. The lowest BCUT2D eigenvalue weighted by atomic mass is 10.2. The molecule has 20 heavy (non-hydrogen) atoms. The van der Waals surface area contributed by atoms with E-state index in [4.69, 9.17) is 13.9 Å². The highest BCUT2D eigenvalue weighted by Crippen LogP contribution is 2.37. The number of nitrogens with zero attached hydrogens (tertiary/aromatic N) is 1. The Balaban J connectivity index is 1.68. The van der Waals surface area contributed by atoms with Gasteiger partial charge in [-0.2, -0.15) is 11.8 Å². The third-order valence-corrected chi connectivity index (χ3v) is 4.46. The molecule has 3 heterocycles. The van der Waals surface area contributed by atoms with Gasteiger partial charge >= 0.3 is 0 Å². The summed E-state index contributed by atoms with van der Waals surface area (Å²) < 4.78 is 16.3. The van der Waals surface area contributed by atoms with Crippen LogP contribution in [0, 0.1) is 0 Å². The Bertz CT molecular complexity index is 634. The number of carbonyl (C=O) groups excluding carboxylic acids is 1. The van der Waals surface area contributed by atoms with Crippen molar-refractivity contribution in [2.45, 2.75) is 0 Å². The van der Waals surface area contributed by atoms with E-state index in [1.807, 2.05) is 22.7 Å². The summed E-state index contributed by atoms with van der Waals surface area (Å²) in [6, 6.07) is 5.41. The van der Waals surface area contributed by atoms with Crippen LogP contribution in [-0.2, 0) is 0 Å². The third-order valence-electron chi connectivity index (χ3n) is 3.52. The lowest BCUT2D eigenvalue weighted by Gasteiger charge is -2.25. The molecule has 2 aliphatic heterocycles. The molecule has 1 saturated heterocycles. The quantitative estimate of drug-likeness (QED) is 0.807. The summed E-state index contributed by atoms with van der Waals surface area (Å²) in [5.41, 5.74) is 0.656. The molecule has 0 saturated carbocycles. The van der Waals surface area contributed by atoms with Crippen molar-refractivity contribution in [2.24, 2.45) is 0 Å². The number of fused-ring (bicyclic) bond motifs is 2. The fraction of sp³-hybridized carbons (Fsp3) is 0.357. The van der Waals surface area contributed by atoms with Crippen molar-refractivity contribution in [3.8, 4) is 11.5 Å². The number of rotatable bonds is 1. The van der Waals surface area contributed by atoms with Crippen LogP contribution in [0.5, 0.6) is 11.5 Å². The standard InChI is InChI=1S/C14H13NO4S/c16-14(15-1-3-20-4-2-15)13-6-9-5-11-12(18-8-17-11)7-10(9)19-13/h5-7H,1-4,8H2. The molecule has 2 aromatic rings. The second-order valence-electron chi connectivity index (χ2n) is 4.76. The molecule has 0 spiro atoms. The minimum atomic E-state index is -0.0384. The van der Waals surface area contributed by atoms with Crippen LogP contribution in [0.2, 0.25) is 0 Å². The van der Waals surface area contributed by atoms with E-state index in [1.165, 1.54) is 0 Å². The molecule has 6 heteroatoms. The Hall–Kier alpha value is -1.82. The molecule has 0 N–H and O–H groups in total. The number of ether oxygens (including phenoxy) is 2. The SMILES string of the molecule is O=C(c1cc2cc3c(cc2o1)OCO3)N1CCSCC1. The Morgan fingerprint density at radius 1 is 1.10 bits per heavy atom. The van der Waals surface area contributed by atoms with E-state index in [0.717, 1.165) is 30.0 Å². The van der Waals surface area contributed by atoms with Gasteiger partial charge in [0, 0.05) is 36.0 Å². The molecule has 4 rings (SSSR count). The summed E-state index contributed by atoms with van der Waals surface area (Å²) in [6.45, 7) is 1.80. The molecule has 5 nitrogen and oxygen atoms in total. The molecule has 1 aromatic heterocycles. The van der Waals surface area contributed by atoms with Crippen LogP contribution in [0.3, 0.4) is 0 Å². The lowest BCUT2D eigenvalue weighted by molar-refractivity contribution is 0.0743. The van der Waals surface area contributed by atoms with E-state index in [2.05, 4.69) is 0 Å². The molecule has 0 radical (unpaired) electrons. The highest BCUT2D eigenvalue weighted by molar-refractivity contribution is 7.99. The van der Waals surface area contributed by atoms with Gasteiger partial charge in [0.1, 0.15) is 5.58 Å². The third kappa shape index (κ3) is 1.91. The van der Waals surface area contributed by atoms with E-state index < -0.39 is 0 Å². The maximum atomic E-state index is 12.4. The number of hydrogen-bond acceptors (Lipinski definition) is 5. The monoisotopic (exact) mass is 291 g/mol. The second kappa shape index (κ2) is 4.63. The molecular weight excluding hydrogens is 278 g/mol. The van der Waals surface area contributed by atoms with Crippen LogP contribution in [-0.4, -0.2) is 42.2 Å². The van der Waals surface area contributed by atoms with Crippen LogP contribution < -0.4 is 9.47 Å². The summed E-state index contributed by atoms with van der Waals surface area (Å²) >= 11 is 1.87. The highest BCUT2D eigenvalue weighted by atomic mass is 32.2. The number of furan rings is 1. The Morgan fingerprint density at radius 2 is 1.85 bits per heavy atom. The molecule has 0 aliphatic carbocycles. The van der Waals surface area contributed by atoms with E-state index in [0.29, 0.717) is 22.8 Å². The van der Waals surface area contributed by atoms with E-state index in [9.17, 15) is 4.79 Å². The highest BCUT2D eigenvalue weighted by Gasteiger charge is 2.23. The minimum Gasteiger partial charge on any atom is -0.454 e. The molecule has 1 aromatic carbocycles. The van der Waals surface area contributed by atoms with Crippen molar-refractivity contribution < 1.29 is 18.7 Å². The van der Waals surface area contributed by atoms with Crippen LogP contribution in [0.25, 0.3) is 11.0 Å². The Kier molecular flexibility index (Phi) is 2.77. The van der Waals surface area contributed by atoms with Gasteiger partial charge in [-0.1, -0.05) is 0 Å². The fourth-order valence-corrected chi connectivity index (χ4v) is 3.36. The first-order chi connectivity index (χ1) is 9.81. The smallest absolute Gasteiger partial charge is 0.289 e. The van der Waals surface area contributed by atoms with Crippen LogP contribution in [0.4, 0.5) is 0 Å².